The molecule has 9 nitrogen and oxygen atoms in total. The number of allylic oxidation sites excluding steroid dienone is 1. The average Bonchev–Trinajstić information content (AvgIpc) is 3.30. The third kappa shape index (κ3) is 6.50. The third-order valence-electron chi connectivity index (χ3n) is 6.89. The molecule has 0 saturated heterocycles. The number of para-hydroxylation sites is 1. The Hall–Kier alpha value is -4.96. The average molecular weight is 613 g/mol. The molecule has 1 N–H and O–H groups in total. The maximum Gasteiger partial charge on any atom is 0.338 e. The van der Waals surface area contributed by atoms with Gasteiger partial charge in [-0.05, 0) is 75.2 Å². The van der Waals surface area contributed by atoms with Crippen LogP contribution in [0.15, 0.2) is 93.9 Å². The van der Waals surface area contributed by atoms with Crippen molar-refractivity contribution in [3.05, 3.63) is 126 Å². The maximum atomic E-state index is 14.0. The summed E-state index contributed by atoms with van der Waals surface area (Å²) in [4.78, 5) is 43.5. The summed E-state index contributed by atoms with van der Waals surface area (Å²) in [6.45, 7) is 7.77. The minimum absolute atomic E-state index is 0.0000891. The van der Waals surface area contributed by atoms with Gasteiger partial charge < -0.3 is 19.3 Å². The number of carboxylic acid groups (broad SMARTS) is 1. The molecule has 0 bridgehead atoms. The van der Waals surface area contributed by atoms with E-state index in [4.69, 9.17) is 19.3 Å². The van der Waals surface area contributed by atoms with Crippen molar-refractivity contribution < 1.29 is 28.9 Å². The number of fused-ring (bicyclic) bond motifs is 1. The number of carbonyl (C=O) groups excluding carboxylic acids is 1. The van der Waals surface area contributed by atoms with Gasteiger partial charge in [-0.1, -0.05) is 53.8 Å². The number of rotatable bonds is 10. The molecule has 2 heterocycles. The highest BCUT2D eigenvalue weighted by Crippen LogP contribution is 2.32. The highest BCUT2D eigenvalue weighted by atomic mass is 32.1. The Balaban J connectivity index is 1.54. The lowest BCUT2D eigenvalue weighted by Gasteiger charge is -2.25. The molecule has 0 amide bonds. The molecule has 226 valence electrons. The van der Waals surface area contributed by atoms with Gasteiger partial charge in [0.15, 0.2) is 4.80 Å². The van der Waals surface area contributed by atoms with E-state index in [1.807, 2.05) is 56.3 Å². The van der Waals surface area contributed by atoms with Crippen LogP contribution in [0.1, 0.15) is 60.8 Å². The van der Waals surface area contributed by atoms with Crippen LogP contribution in [0.4, 0.5) is 0 Å². The fourth-order valence-electron chi connectivity index (χ4n) is 4.88. The minimum atomic E-state index is -0.992. The van der Waals surface area contributed by atoms with Gasteiger partial charge in [-0.25, -0.2) is 14.6 Å². The lowest BCUT2D eigenvalue weighted by molar-refractivity contribution is -0.139. The summed E-state index contributed by atoms with van der Waals surface area (Å²) >= 11 is 1.23. The van der Waals surface area contributed by atoms with Gasteiger partial charge >= 0.3 is 11.9 Å². The second kappa shape index (κ2) is 13.1. The Morgan fingerprint density at radius 3 is 2.41 bits per heavy atom. The van der Waals surface area contributed by atoms with E-state index in [1.165, 1.54) is 23.5 Å². The van der Waals surface area contributed by atoms with Crippen LogP contribution in [0.2, 0.25) is 0 Å². The molecule has 3 aromatic carbocycles. The first-order valence-corrected chi connectivity index (χ1v) is 15.0. The molecular weight excluding hydrogens is 580 g/mol. The molecule has 1 atom stereocenters. The van der Waals surface area contributed by atoms with Gasteiger partial charge in [-0.2, -0.15) is 0 Å². The molecule has 10 heteroatoms. The zero-order valence-electron chi connectivity index (χ0n) is 24.8. The van der Waals surface area contributed by atoms with E-state index < -0.39 is 18.0 Å². The number of benzene rings is 3. The highest BCUT2D eigenvalue weighted by molar-refractivity contribution is 7.07. The molecule has 0 aliphatic carbocycles. The van der Waals surface area contributed by atoms with Crippen molar-refractivity contribution in [2.24, 2.45) is 4.99 Å². The van der Waals surface area contributed by atoms with E-state index in [9.17, 15) is 14.4 Å². The molecule has 1 aliphatic heterocycles. The summed E-state index contributed by atoms with van der Waals surface area (Å²) in [6, 6.07) is 20.4. The molecule has 44 heavy (non-hydrogen) atoms. The highest BCUT2D eigenvalue weighted by Gasteiger charge is 2.33. The molecule has 1 aromatic heterocycles. The standard InChI is InChI=1S/C34H32N2O7S/c1-5-41-33(40)29-21(4)35-34-36(30(29)23-14-16-26(17-15-23)43-20(2)3)31(37)28(44-34)18-25-8-6-7-9-27(25)42-19-22-10-12-24(13-11-22)32(38)39/h6-18,20,30H,5,19H2,1-4H3,(H,38,39)/b28-18-/t30-/m0/s1. The Morgan fingerprint density at radius 2 is 1.75 bits per heavy atom. The summed E-state index contributed by atoms with van der Waals surface area (Å²) in [5, 5.41) is 9.15. The molecule has 0 radical (unpaired) electrons. The van der Waals surface area contributed by atoms with E-state index in [0.717, 1.165) is 11.1 Å². The predicted octanol–water partition coefficient (Wildman–Crippen LogP) is 4.86. The second-order valence-corrected chi connectivity index (χ2v) is 11.4. The fraction of sp³-hybridized carbons (Fsp3) is 0.235. The quantitative estimate of drug-likeness (QED) is 0.254. The molecule has 0 fully saturated rings. The SMILES string of the molecule is CCOC(=O)C1=C(C)N=c2s/c(=C\c3ccccc3OCc3ccc(C(=O)O)cc3)c(=O)n2[C@H]1c1ccc(OC(C)C)cc1. The molecule has 0 unspecified atom stereocenters. The summed E-state index contributed by atoms with van der Waals surface area (Å²) in [6.07, 6.45) is 1.76. The monoisotopic (exact) mass is 612 g/mol. The number of esters is 1. The number of hydrogen-bond donors (Lipinski definition) is 1. The van der Waals surface area contributed by atoms with Gasteiger partial charge in [-0.15, -0.1) is 0 Å². The second-order valence-electron chi connectivity index (χ2n) is 10.4. The number of carbonyl (C=O) groups is 2. The van der Waals surface area contributed by atoms with Gasteiger partial charge in [0.2, 0.25) is 0 Å². The van der Waals surface area contributed by atoms with E-state index in [-0.39, 0.29) is 30.4 Å². The Bertz CT molecular complexity index is 1900. The van der Waals surface area contributed by atoms with E-state index >= 15 is 0 Å². The van der Waals surface area contributed by atoms with Crippen LogP contribution in [0.5, 0.6) is 11.5 Å². The number of nitrogens with zero attached hydrogens (tertiary/aromatic N) is 2. The van der Waals surface area contributed by atoms with E-state index in [1.54, 1.807) is 42.7 Å². The summed E-state index contributed by atoms with van der Waals surface area (Å²) in [5.74, 6) is -0.274. The van der Waals surface area contributed by atoms with Crippen molar-refractivity contribution in [1.82, 2.24) is 4.57 Å². The van der Waals surface area contributed by atoms with E-state index in [2.05, 4.69) is 4.99 Å². The minimum Gasteiger partial charge on any atom is -0.491 e. The van der Waals surface area contributed by atoms with E-state index in [0.29, 0.717) is 37.7 Å². The first-order valence-electron chi connectivity index (χ1n) is 14.2. The molecule has 5 rings (SSSR count). The fourth-order valence-corrected chi connectivity index (χ4v) is 5.92. The lowest BCUT2D eigenvalue weighted by Crippen LogP contribution is -2.39. The van der Waals surface area contributed by atoms with Gasteiger partial charge in [0.25, 0.3) is 5.56 Å². The van der Waals surface area contributed by atoms with Gasteiger partial charge in [0.1, 0.15) is 18.1 Å². The van der Waals surface area contributed by atoms with Crippen LogP contribution in [-0.4, -0.2) is 34.3 Å². The van der Waals surface area contributed by atoms with Crippen LogP contribution in [0.25, 0.3) is 6.08 Å². The van der Waals surface area contributed by atoms with Crippen molar-refractivity contribution in [2.75, 3.05) is 6.61 Å². The predicted molar refractivity (Wildman–Crippen MR) is 167 cm³/mol. The zero-order valence-corrected chi connectivity index (χ0v) is 25.6. The van der Waals surface area contributed by atoms with Gasteiger partial charge in [-0.3, -0.25) is 9.36 Å². The molecule has 0 spiro atoms. The molecule has 4 aromatic rings. The third-order valence-corrected chi connectivity index (χ3v) is 7.87. The van der Waals surface area contributed by atoms with Crippen molar-refractivity contribution >= 4 is 29.4 Å². The number of ether oxygens (including phenoxy) is 3. The molecule has 0 saturated carbocycles. The van der Waals surface area contributed by atoms with Crippen LogP contribution in [-0.2, 0) is 16.1 Å². The van der Waals surface area contributed by atoms with Crippen molar-refractivity contribution in [1.29, 1.82) is 0 Å². The van der Waals surface area contributed by atoms with Crippen molar-refractivity contribution in [3.8, 4) is 11.5 Å². The van der Waals surface area contributed by atoms with Gasteiger partial charge in [0, 0.05) is 5.56 Å². The van der Waals surface area contributed by atoms with Gasteiger partial charge in [0.05, 0.1) is 40.1 Å². The molecule has 1 aliphatic rings. The zero-order chi connectivity index (χ0) is 31.4. The van der Waals surface area contributed by atoms with Crippen molar-refractivity contribution in [3.63, 3.8) is 0 Å². The summed E-state index contributed by atoms with van der Waals surface area (Å²) in [7, 11) is 0. The normalized spacial score (nSPS) is 14.7. The lowest BCUT2D eigenvalue weighted by atomic mass is 9.96. The van der Waals surface area contributed by atoms with Crippen LogP contribution in [0.3, 0.4) is 0 Å². The first kappa shape index (κ1) is 30.5. The van der Waals surface area contributed by atoms with Crippen LogP contribution < -0.4 is 24.4 Å². The Morgan fingerprint density at radius 1 is 1.05 bits per heavy atom. The number of aromatic nitrogens is 1. The smallest absolute Gasteiger partial charge is 0.338 e. The Kier molecular flexibility index (Phi) is 9.10. The number of thiazole rings is 1. The topological polar surface area (TPSA) is 116 Å². The first-order chi connectivity index (χ1) is 21.2. The van der Waals surface area contributed by atoms with Crippen LogP contribution >= 0.6 is 11.3 Å². The van der Waals surface area contributed by atoms with Crippen molar-refractivity contribution in [2.45, 2.75) is 46.4 Å². The summed E-state index contributed by atoms with van der Waals surface area (Å²) in [5.41, 5.74) is 2.91. The number of hydrogen-bond acceptors (Lipinski definition) is 8. The maximum absolute atomic E-state index is 14.0. The molecular formula is C34H32N2O7S. The number of carboxylic acids is 1. The largest absolute Gasteiger partial charge is 0.491 e. The Labute approximate surface area is 258 Å². The number of aromatic carboxylic acids is 1. The summed E-state index contributed by atoms with van der Waals surface area (Å²) < 4.78 is 19.2. The van der Waals surface area contributed by atoms with Crippen LogP contribution in [0, 0.1) is 0 Å².